The molecule has 0 aliphatic carbocycles. The molecule has 10 heteroatoms. The Morgan fingerprint density at radius 3 is 2.23 bits per heavy atom. The number of Topliss-reactive ketones (excluding diaryl/α,β-unsaturated/α-hetero) is 1. The molecule has 3 rings (SSSR count). The van der Waals surface area contributed by atoms with E-state index >= 15 is 0 Å². The fraction of sp³-hybridized carbons (Fsp3) is 0.320. The SMILES string of the molecule is CCOC(=O)COc1ccc(C(=O)CN2Cc3cc(C#N)ccc3C2=O)cc1OCC(=O)OCC. The number of fused-ring (bicyclic) bond motifs is 1. The number of hydrogen-bond acceptors (Lipinski definition) is 9. The summed E-state index contributed by atoms with van der Waals surface area (Å²) in [7, 11) is 0. The van der Waals surface area contributed by atoms with Crippen molar-refractivity contribution >= 4 is 23.6 Å². The van der Waals surface area contributed by atoms with E-state index in [2.05, 4.69) is 0 Å². The van der Waals surface area contributed by atoms with Crippen LogP contribution in [0.15, 0.2) is 36.4 Å². The first-order chi connectivity index (χ1) is 16.9. The molecule has 2 aromatic rings. The van der Waals surface area contributed by atoms with E-state index < -0.39 is 18.5 Å². The average Bonchev–Trinajstić information content (AvgIpc) is 3.16. The monoisotopic (exact) mass is 480 g/mol. The summed E-state index contributed by atoms with van der Waals surface area (Å²) < 4.78 is 20.6. The van der Waals surface area contributed by atoms with Gasteiger partial charge < -0.3 is 23.8 Å². The van der Waals surface area contributed by atoms with Crippen LogP contribution in [0.1, 0.15) is 45.7 Å². The van der Waals surface area contributed by atoms with Gasteiger partial charge in [0, 0.05) is 17.7 Å². The van der Waals surface area contributed by atoms with Crippen LogP contribution in [0, 0.1) is 11.3 Å². The molecule has 10 nitrogen and oxygen atoms in total. The predicted octanol–water partition coefficient (Wildman–Crippen LogP) is 2.28. The zero-order valence-corrected chi connectivity index (χ0v) is 19.4. The van der Waals surface area contributed by atoms with Crippen molar-refractivity contribution in [1.29, 1.82) is 5.26 Å². The second-order valence-corrected chi connectivity index (χ2v) is 7.42. The van der Waals surface area contributed by atoms with Gasteiger partial charge in [-0.25, -0.2) is 9.59 Å². The number of nitriles is 1. The summed E-state index contributed by atoms with van der Waals surface area (Å²) in [5, 5.41) is 9.07. The minimum absolute atomic E-state index is 0.0582. The maximum Gasteiger partial charge on any atom is 0.344 e. The van der Waals surface area contributed by atoms with E-state index in [1.807, 2.05) is 6.07 Å². The van der Waals surface area contributed by atoms with Gasteiger partial charge in [-0.2, -0.15) is 5.26 Å². The summed E-state index contributed by atoms with van der Waals surface area (Å²) in [6.45, 7) is 2.89. The maximum absolute atomic E-state index is 13.0. The summed E-state index contributed by atoms with van der Waals surface area (Å²) in [6.07, 6.45) is 0. The largest absolute Gasteiger partial charge is 0.478 e. The van der Waals surface area contributed by atoms with Gasteiger partial charge in [0.15, 0.2) is 30.5 Å². The zero-order valence-electron chi connectivity index (χ0n) is 19.4. The zero-order chi connectivity index (χ0) is 25.4. The molecule has 0 fully saturated rings. The van der Waals surface area contributed by atoms with E-state index in [0.29, 0.717) is 16.7 Å². The standard InChI is InChI=1S/C25H24N2O8/c1-3-32-23(29)14-34-21-8-6-17(10-22(21)35-15-24(30)33-4-2)20(28)13-27-12-18-9-16(11-26)5-7-19(18)25(27)31/h5-10H,3-4,12-15H2,1-2H3. The minimum Gasteiger partial charge on any atom is -0.478 e. The van der Waals surface area contributed by atoms with Crippen LogP contribution in [0.25, 0.3) is 0 Å². The number of benzene rings is 2. The third kappa shape index (κ3) is 6.35. The highest BCUT2D eigenvalue weighted by molar-refractivity contribution is 6.04. The fourth-order valence-corrected chi connectivity index (χ4v) is 3.44. The number of carbonyl (C=O) groups is 4. The molecule has 0 saturated carbocycles. The van der Waals surface area contributed by atoms with E-state index in [9.17, 15) is 19.2 Å². The van der Waals surface area contributed by atoms with Gasteiger partial charge in [-0.1, -0.05) is 0 Å². The van der Waals surface area contributed by atoms with Crippen LogP contribution in [0.3, 0.4) is 0 Å². The molecule has 0 spiro atoms. The van der Waals surface area contributed by atoms with Gasteiger partial charge in [-0.15, -0.1) is 0 Å². The molecule has 0 unspecified atom stereocenters. The minimum atomic E-state index is -0.613. The number of ether oxygens (including phenoxy) is 4. The molecule has 0 N–H and O–H groups in total. The Kier molecular flexibility index (Phi) is 8.40. The van der Waals surface area contributed by atoms with Gasteiger partial charge in [0.1, 0.15) is 0 Å². The molecule has 0 aromatic heterocycles. The lowest BCUT2D eigenvalue weighted by molar-refractivity contribution is -0.146. The molecule has 1 heterocycles. The molecule has 1 amide bonds. The lowest BCUT2D eigenvalue weighted by Crippen LogP contribution is -2.30. The first kappa shape index (κ1) is 25.2. The summed E-state index contributed by atoms with van der Waals surface area (Å²) in [5.74, 6) is -1.68. The normalized spacial score (nSPS) is 11.9. The van der Waals surface area contributed by atoms with E-state index in [-0.39, 0.29) is 61.7 Å². The van der Waals surface area contributed by atoms with Crippen LogP contribution in [-0.2, 0) is 25.6 Å². The van der Waals surface area contributed by atoms with Crippen molar-refractivity contribution in [2.45, 2.75) is 20.4 Å². The Bertz CT molecular complexity index is 1180. The van der Waals surface area contributed by atoms with Gasteiger partial charge >= 0.3 is 11.9 Å². The van der Waals surface area contributed by atoms with Gasteiger partial charge in [-0.05, 0) is 55.8 Å². The first-order valence-electron chi connectivity index (χ1n) is 10.9. The fourth-order valence-electron chi connectivity index (χ4n) is 3.44. The smallest absolute Gasteiger partial charge is 0.344 e. The van der Waals surface area contributed by atoms with Crippen molar-refractivity contribution in [1.82, 2.24) is 4.90 Å². The number of rotatable bonds is 11. The second-order valence-electron chi connectivity index (χ2n) is 7.42. The van der Waals surface area contributed by atoms with Crippen LogP contribution in [-0.4, -0.2) is 61.5 Å². The highest BCUT2D eigenvalue weighted by Gasteiger charge is 2.29. The summed E-state index contributed by atoms with van der Waals surface area (Å²) in [5.41, 5.74) is 1.79. The van der Waals surface area contributed by atoms with Gasteiger partial charge in [0.2, 0.25) is 0 Å². The molecule has 35 heavy (non-hydrogen) atoms. The average molecular weight is 480 g/mol. The lowest BCUT2D eigenvalue weighted by Gasteiger charge is -2.16. The van der Waals surface area contributed by atoms with Crippen LogP contribution < -0.4 is 9.47 Å². The second kappa shape index (κ2) is 11.7. The molecular weight excluding hydrogens is 456 g/mol. The maximum atomic E-state index is 13.0. The Hall–Kier alpha value is -4.39. The van der Waals surface area contributed by atoms with Gasteiger partial charge in [0.05, 0.1) is 31.4 Å². The van der Waals surface area contributed by atoms with Crippen molar-refractivity contribution in [2.75, 3.05) is 33.0 Å². The predicted molar refractivity (Wildman–Crippen MR) is 121 cm³/mol. The Labute approximate surface area is 201 Å². The molecule has 1 aliphatic heterocycles. The highest BCUT2D eigenvalue weighted by Crippen LogP contribution is 2.30. The first-order valence-corrected chi connectivity index (χ1v) is 10.9. The van der Waals surface area contributed by atoms with E-state index in [4.69, 9.17) is 24.2 Å². The number of ketones is 1. The van der Waals surface area contributed by atoms with Crippen molar-refractivity contribution in [3.63, 3.8) is 0 Å². The topological polar surface area (TPSA) is 132 Å². The number of esters is 2. The van der Waals surface area contributed by atoms with E-state index in [0.717, 1.165) is 0 Å². The molecule has 0 saturated heterocycles. The number of carbonyl (C=O) groups excluding carboxylic acids is 4. The number of nitrogens with zero attached hydrogens (tertiary/aromatic N) is 2. The van der Waals surface area contributed by atoms with Gasteiger partial charge in [0.25, 0.3) is 5.91 Å². The van der Waals surface area contributed by atoms with Crippen molar-refractivity contribution in [3.8, 4) is 17.6 Å². The third-order valence-corrected chi connectivity index (χ3v) is 5.02. The Balaban J connectivity index is 1.75. The van der Waals surface area contributed by atoms with Crippen LogP contribution in [0.5, 0.6) is 11.5 Å². The van der Waals surface area contributed by atoms with E-state index in [1.165, 1.54) is 23.1 Å². The third-order valence-electron chi connectivity index (χ3n) is 5.02. The summed E-state index contributed by atoms with van der Waals surface area (Å²) in [4.78, 5) is 50.4. The Morgan fingerprint density at radius 1 is 0.943 bits per heavy atom. The molecule has 2 aromatic carbocycles. The lowest BCUT2D eigenvalue weighted by atomic mass is 10.1. The molecule has 0 bridgehead atoms. The molecule has 1 aliphatic rings. The van der Waals surface area contributed by atoms with Crippen molar-refractivity contribution in [2.24, 2.45) is 0 Å². The highest BCUT2D eigenvalue weighted by atomic mass is 16.6. The quantitative estimate of drug-likeness (QED) is 0.351. The van der Waals surface area contributed by atoms with Crippen LogP contribution in [0.2, 0.25) is 0 Å². The molecule has 182 valence electrons. The molecule has 0 radical (unpaired) electrons. The number of hydrogen-bond donors (Lipinski definition) is 0. The van der Waals surface area contributed by atoms with Crippen molar-refractivity contribution in [3.05, 3.63) is 58.7 Å². The van der Waals surface area contributed by atoms with Crippen LogP contribution >= 0.6 is 0 Å². The Morgan fingerprint density at radius 2 is 1.60 bits per heavy atom. The molecular formula is C25H24N2O8. The van der Waals surface area contributed by atoms with Crippen LogP contribution in [0.4, 0.5) is 0 Å². The summed E-state index contributed by atoms with van der Waals surface area (Å²) in [6, 6.07) is 11.1. The number of amides is 1. The van der Waals surface area contributed by atoms with E-state index in [1.54, 1.807) is 32.0 Å². The summed E-state index contributed by atoms with van der Waals surface area (Å²) >= 11 is 0. The van der Waals surface area contributed by atoms with Crippen molar-refractivity contribution < 1.29 is 38.1 Å². The molecule has 0 atom stereocenters. The van der Waals surface area contributed by atoms with Gasteiger partial charge in [-0.3, -0.25) is 9.59 Å².